The second-order valence-corrected chi connectivity index (χ2v) is 5.82. The van der Waals surface area contributed by atoms with E-state index in [-0.39, 0.29) is 5.56 Å². The van der Waals surface area contributed by atoms with Crippen molar-refractivity contribution < 1.29 is 4.74 Å². The Morgan fingerprint density at radius 1 is 1.43 bits per heavy atom. The second kappa shape index (κ2) is 6.41. The number of nitrogens with zero attached hydrogens (tertiary/aromatic N) is 2. The Morgan fingerprint density at radius 3 is 3.19 bits per heavy atom. The Bertz CT molecular complexity index is 700. The molecule has 0 amide bonds. The molecule has 6 heteroatoms. The highest BCUT2D eigenvalue weighted by molar-refractivity contribution is 9.10. The summed E-state index contributed by atoms with van der Waals surface area (Å²) in [5, 5.41) is 3.22. The number of rotatable bonds is 4. The van der Waals surface area contributed by atoms with Crippen molar-refractivity contribution >= 4 is 15.9 Å². The molecule has 1 aliphatic rings. The van der Waals surface area contributed by atoms with Gasteiger partial charge >= 0.3 is 0 Å². The molecule has 0 spiro atoms. The van der Waals surface area contributed by atoms with Crippen LogP contribution in [0.25, 0.3) is 0 Å². The van der Waals surface area contributed by atoms with Crippen molar-refractivity contribution in [2.75, 3.05) is 13.2 Å². The molecule has 110 valence electrons. The second-order valence-electron chi connectivity index (χ2n) is 4.90. The van der Waals surface area contributed by atoms with E-state index in [0.29, 0.717) is 19.7 Å². The van der Waals surface area contributed by atoms with Gasteiger partial charge in [0.15, 0.2) is 0 Å². The molecule has 0 fully saturated rings. The number of nitrogens with one attached hydrogen (secondary N) is 1. The molecule has 0 radical (unpaired) electrons. The van der Waals surface area contributed by atoms with Crippen LogP contribution in [0, 0.1) is 0 Å². The predicted octanol–water partition coefficient (Wildman–Crippen LogP) is 1.73. The number of aromatic nitrogens is 2. The lowest BCUT2D eigenvalue weighted by Crippen LogP contribution is -2.35. The van der Waals surface area contributed by atoms with Crippen molar-refractivity contribution in [3.8, 4) is 5.75 Å². The van der Waals surface area contributed by atoms with Gasteiger partial charge in [-0.3, -0.25) is 9.36 Å². The van der Waals surface area contributed by atoms with Gasteiger partial charge in [-0.15, -0.1) is 0 Å². The molecule has 0 saturated heterocycles. The first-order valence-corrected chi connectivity index (χ1v) is 7.69. The zero-order chi connectivity index (χ0) is 14.7. The molecule has 3 rings (SSSR count). The van der Waals surface area contributed by atoms with Gasteiger partial charge in [-0.25, -0.2) is 4.98 Å². The highest BCUT2D eigenvalue weighted by Crippen LogP contribution is 2.17. The van der Waals surface area contributed by atoms with Crippen LogP contribution in [-0.4, -0.2) is 22.7 Å². The maximum Gasteiger partial charge on any atom is 0.256 e. The molecule has 2 aromatic rings. The summed E-state index contributed by atoms with van der Waals surface area (Å²) in [7, 11) is 0. The Labute approximate surface area is 131 Å². The fourth-order valence-electron chi connectivity index (χ4n) is 2.37. The Hall–Kier alpha value is -1.66. The first kappa shape index (κ1) is 14.3. The third kappa shape index (κ3) is 3.33. The van der Waals surface area contributed by atoms with E-state index in [1.54, 1.807) is 10.9 Å². The largest absolute Gasteiger partial charge is 0.492 e. The number of fused-ring (bicyclic) bond motifs is 1. The van der Waals surface area contributed by atoms with Gasteiger partial charge in [-0.1, -0.05) is 22.0 Å². The Kier molecular flexibility index (Phi) is 4.36. The molecular weight excluding hydrogens is 334 g/mol. The van der Waals surface area contributed by atoms with Gasteiger partial charge in [0.25, 0.3) is 5.56 Å². The van der Waals surface area contributed by atoms with E-state index in [1.165, 1.54) is 0 Å². The lowest BCUT2D eigenvalue weighted by molar-refractivity contribution is 0.294. The van der Waals surface area contributed by atoms with Crippen molar-refractivity contribution in [1.82, 2.24) is 14.9 Å². The third-order valence-corrected chi connectivity index (χ3v) is 3.95. The SMILES string of the molecule is O=c1c2c(ncn1CCOc1cccc(Br)c1)CNCC2. The van der Waals surface area contributed by atoms with E-state index in [9.17, 15) is 4.79 Å². The fourth-order valence-corrected chi connectivity index (χ4v) is 2.75. The van der Waals surface area contributed by atoms with Gasteiger partial charge in [0.05, 0.1) is 18.6 Å². The minimum Gasteiger partial charge on any atom is -0.492 e. The first-order chi connectivity index (χ1) is 10.2. The zero-order valence-corrected chi connectivity index (χ0v) is 13.1. The van der Waals surface area contributed by atoms with E-state index >= 15 is 0 Å². The van der Waals surface area contributed by atoms with Crippen LogP contribution >= 0.6 is 15.9 Å². The minimum atomic E-state index is 0.0549. The number of hydrogen-bond donors (Lipinski definition) is 1. The summed E-state index contributed by atoms with van der Waals surface area (Å²) in [5.41, 5.74) is 1.76. The highest BCUT2D eigenvalue weighted by Gasteiger charge is 2.14. The Balaban J connectivity index is 1.67. The van der Waals surface area contributed by atoms with Gasteiger partial charge in [-0.2, -0.15) is 0 Å². The predicted molar refractivity (Wildman–Crippen MR) is 83.5 cm³/mol. The molecular formula is C15H16BrN3O2. The number of ether oxygens (including phenoxy) is 1. The summed E-state index contributed by atoms with van der Waals surface area (Å²) in [5.74, 6) is 0.785. The lowest BCUT2D eigenvalue weighted by Gasteiger charge is -2.17. The molecule has 0 unspecified atom stereocenters. The fraction of sp³-hybridized carbons (Fsp3) is 0.333. The molecule has 0 atom stereocenters. The van der Waals surface area contributed by atoms with Crippen LogP contribution in [0.3, 0.4) is 0 Å². The molecule has 1 aromatic carbocycles. The maximum atomic E-state index is 12.3. The number of halogens is 1. The standard InChI is InChI=1S/C15H16BrN3O2/c16-11-2-1-3-12(8-11)21-7-6-19-10-18-14-9-17-5-4-13(14)15(19)20/h1-3,8,10,17H,4-7,9H2. The average molecular weight is 350 g/mol. The van der Waals surface area contributed by atoms with Gasteiger partial charge < -0.3 is 10.1 Å². The van der Waals surface area contributed by atoms with Crippen LogP contribution in [0.1, 0.15) is 11.3 Å². The van der Waals surface area contributed by atoms with E-state index < -0.39 is 0 Å². The summed E-state index contributed by atoms with van der Waals surface area (Å²) < 4.78 is 8.26. The van der Waals surface area contributed by atoms with Crippen LogP contribution in [0.15, 0.2) is 39.9 Å². The van der Waals surface area contributed by atoms with Crippen molar-refractivity contribution in [1.29, 1.82) is 0 Å². The van der Waals surface area contributed by atoms with Crippen molar-refractivity contribution in [3.05, 3.63) is 56.7 Å². The summed E-state index contributed by atoms with van der Waals surface area (Å²) in [4.78, 5) is 16.7. The molecule has 5 nitrogen and oxygen atoms in total. The minimum absolute atomic E-state index is 0.0549. The third-order valence-electron chi connectivity index (χ3n) is 3.46. The van der Waals surface area contributed by atoms with Crippen LogP contribution in [-0.2, 0) is 19.5 Å². The van der Waals surface area contributed by atoms with E-state index in [4.69, 9.17) is 4.74 Å². The molecule has 2 heterocycles. The van der Waals surface area contributed by atoms with E-state index in [2.05, 4.69) is 26.2 Å². The van der Waals surface area contributed by atoms with Crippen LogP contribution < -0.4 is 15.6 Å². The van der Waals surface area contributed by atoms with Crippen molar-refractivity contribution in [3.63, 3.8) is 0 Å². The summed E-state index contributed by atoms with van der Waals surface area (Å²) in [6.07, 6.45) is 2.35. The molecule has 0 saturated carbocycles. The maximum absolute atomic E-state index is 12.3. The van der Waals surface area contributed by atoms with Gasteiger partial charge in [-0.05, 0) is 31.2 Å². The first-order valence-electron chi connectivity index (χ1n) is 6.90. The quantitative estimate of drug-likeness (QED) is 0.913. The van der Waals surface area contributed by atoms with Crippen LogP contribution in [0.4, 0.5) is 0 Å². The van der Waals surface area contributed by atoms with Crippen LogP contribution in [0.5, 0.6) is 5.75 Å². The molecule has 21 heavy (non-hydrogen) atoms. The molecule has 1 aromatic heterocycles. The molecule has 0 aliphatic carbocycles. The van der Waals surface area contributed by atoms with E-state index in [1.807, 2.05) is 24.3 Å². The highest BCUT2D eigenvalue weighted by atomic mass is 79.9. The van der Waals surface area contributed by atoms with Gasteiger partial charge in [0.1, 0.15) is 12.4 Å². The molecule has 0 bridgehead atoms. The monoisotopic (exact) mass is 349 g/mol. The van der Waals surface area contributed by atoms with Gasteiger partial charge in [0.2, 0.25) is 0 Å². The normalized spacial score (nSPS) is 13.8. The van der Waals surface area contributed by atoms with E-state index in [0.717, 1.165) is 34.4 Å². The van der Waals surface area contributed by atoms with Crippen molar-refractivity contribution in [2.24, 2.45) is 0 Å². The van der Waals surface area contributed by atoms with Crippen molar-refractivity contribution in [2.45, 2.75) is 19.5 Å². The molecule has 1 N–H and O–H groups in total. The zero-order valence-electron chi connectivity index (χ0n) is 11.5. The Morgan fingerprint density at radius 2 is 2.33 bits per heavy atom. The summed E-state index contributed by atoms with van der Waals surface area (Å²) in [6, 6.07) is 7.65. The molecule has 1 aliphatic heterocycles. The number of hydrogen-bond acceptors (Lipinski definition) is 4. The topological polar surface area (TPSA) is 56.2 Å². The summed E-state index contributed by atoms with van der Waals surface area (Å²) >= 11 is 3.40. The lowest BCUT2D eigenvalue weighted by atomic mass is 10.1. The number of benzene rings is 1. The van der Waals surface area contributed by atoms with Gasteiger partial charge in [0, 0.05) is 16.6 Å². The smallest absolute Gasteiger partial charge is 0.256 e. The van der Waals surface area contributed by atoms with Crippen LogP contribution in [0.2, 0.25) is 0 Å². The average Bonchev–Trinajstić information content (AvgIpc) is 2.50. The summed E-state index contributed by atoms with van der Waals surface area (Å²) in [6.45, 7) is 2.45.